The fourth-order valence-electron chi connectivity index (χ4n) is 2.58. The van der Waals surface area contributed by atoms with Crippen molar-refractivity contribution in [3.8, 4) is 0 Å². The van der Waals surface area contributed by atoms with Gasteiger partial charge in [-0.05, 0) is 13.8 Å². The van der Waals surface area contributed by atoms with Crippen molar-refractivity contribution in [3.05, 3.63) is 12.5 Å². The molecule has 1 aliphatic heterocycles. The SMILES string of the molecule is CC1NNC(C)C1CNc1ncnc2c1cnn2C. The minimum Gasteiger partial charge on any atom is -0.369 e. The normalized spacial score (nSPS) is 27.0. The van der Waals surface area contributed by atoms with E-state index < -0.39 is 0 Å². The maximum atomic E-state index is 4.31. The van der Waals surface area contributed by atoms with Gasteiger partial charge in [-0.3, -0.25) is 15.5 Å². The van der Waals surface area contributed by atoms with Crippen LogP contribution >= 0.6 is 0 Å². The molecule has 1 aliphatic rings. The smallest absolute Gasteiger partial charge is 0.163 e. The molecule has 2 atom stereocenters. The lowest BCUT2D eigenvalue weighted by Crippen LogP contribution is -2.30. The topological polar surface area (TPSA) is 79.7 Å². The third-order valence-corrected chi connectivity index (χ3v) is 3.86. The summed E-state index contributed by atoms with van der Waals surface area (Å²) in [6, 6.07) is 0.877. The Bertz CT molecular complexity index is 568. The molecule has 2 aromatic heterocycles. The van der Waals surface area contributed by atoms with Gasteiger partial charge in [0.05, 0.1) is 11.6 Å². The van der Waals surface area contributed by atoms with Crippen molar-refractivity contribution in [1.82, 2.24) is 30.6 Å². The van der Waals surface area contributed by atoms with E-state index in [-0.39, 0.29) is 0 Å². The van der Waals surface area contributed by atoms with E-state index in [9.17, 15) is 0 Å². The van der Waals surface area contributed by atoms with Crippen LogP contribution in [0.1, 0.15) is 13.8 Å². The van der Waals surface area contributed by atoms with Gasteiger partial charge in [-0.15, -0.1) is 0 Å². The summed E-state index contributed by atoms with van der Waals surface area (Å²) in [6.07, 6.45) is 3.38. The van der Waals surface area contributed by atoms with Crippen molar-refractivity contribution in [2.75, 3.05) is 11.9 Å². The molecule has 0 radical (unpaired) electrons. The van der Waals surface area contributed by atoms with Crippen LogP contribution in [-0.4, -0.2) is 38.4 Å². The highest BCUT2D eigenvalue weighted by molar-refractivity contribution is 5.85. The van der Waals surface area contributed by atoms with Crippen LogP contribution in [0.3, 0.4) is 0 Å². The Morgan fingerprint density at radius 2 is 2.00 bits per heavy atom. The van der Waals surface area contributed by atoms with Crippen molar-refractivity contribution in [1.29, 1.82) is 0 Å². The number of rotatable bonds is 3. The molecule has 7 nitrogen and oxygen atoms in total. The number of aromatic nitrogens is 4. The molecule has 0 amide bonds. The Hall–Kier alpha value is -1.73. The zero-order valence-corrected chi connectivity index (χ0v) is 11.4. The summed E-state index contributed by atoms with van der Waals surface area (Å²) in [5.74, 6) is 1.37. The fraction of sp³-hybridized carbons (Fsp3) is 0.583. The Morgan fingerprint density at radius 1 is 1.26 bits per heavy atom. The maximum Gasteiger partial charge on any atom is 0.163 e. The number of nitrogens with zero attached hydrogens (tertiary/aromatic N) is 4. The average molecular weight is 261 g/mol. The molecular weight excluding hydrogens is 242 g/mol. The van der Waals surface area contributed by atoms with Gasteiger partial charge in [-0.2, -0.15) is 5.10 Å². The van der Waals surface area contributed by atoms with Gasteiger partial charge in [0, 0.05) is 31.6 Å². The number of aryl methyl sites for hydroxylation is 1. The van der Waals surface area contributed by atoms with Gasteiger partial charge in [0.2, 0.25) is 0 Å². The van der Waals surface area contributed by atoms with Crippen LogP contribution in [0.25, 0.3) is 11.0 Å². The molecule has 0 bridgehead atoms. The summed E-state index contributed by atoms with van der Waals surface area (Å²) >= 11 is 0. The molecule has 0 aromatic carbocycles. The molecule has 2 unspecified atom stereocenters. The van der Waals surface area contributed by atoms with E-state index in [1.165, 1.54) is 0 Å². The summed E-state index contributed by atoms with van der Waals surface area (Å²) in [4.78, 5) is 8.55. The van der Waals surface area contributed by atoms with Crippen molar-refractivity contribution in [3.63, 3.8) is 0 Å². The zero-order valence-electron chi connectivity index (χ0n) is 11.4. The summed E-state index contributed by atoms with van der Waals surface area (Å²) < 4.78 is 1.76. The second-order valence-electron chi connectivity index (χ2n) is 5.14. The Kier molecular flexibility index (Phi) is 3.08. The highest BCUT2D eigenvalue weighted by atomic mass is 15.4. The van der Waals surface area contributed by atoms with Gasteiger partial charge in [-0.1, -0.05) is 0 Å². The van der Waals surface area contributed by atoms with E-state index in [1.54, 1.807) is 17.2 Å². The monoisotopic (exact) mass is 261 g/mol. The highest BCUT2D eigenvalue weighted by Gasteiger charge is 2.29. The third-order valence-electron chi connectivity index (χ3n) is 3.86. The second-order valence-corrected chi connectivity index (χ2v) is 5.14. The number of nitrogens with one attached hydrogen (secondary N) is 3. The number of anilines is 1. The van der Waals surface area contributed by atoms with Gasteiger partial charge >= 0.3 is 0 Å². The van der Waals surface area contributed by atoms with Gasteiger partial charge in [0.25, 0.3) is 0 Å². The van der Waals surface area contributed by atoms with Gasteiger partial charge in [0.1, 0.15) is 12.1 Å². The van der Waals surface area contributed by atoms with Crippen LogP contribution in [0, 0.1) is 5.92 Å². The third kappa shape index (κ3) is 2.15. The summed E-state index contributed by atoms with van der Waals surface area (Å²) in [7, 11) is 1.88. The van der Waals surface area contributed by atoms with Gasteiger partial charge in [-0.25, -0.2) is 9.97 Å². The molecule has 0 saturated carbocycles. The van der Waals surface area contributed by atoms with E-state index in [0.29, 0.717) is 18.0 Å². The van der Waals surface area contributed by atoms with E-state index in [1.807, 2.05) is 7.05 Å². The number of hydrogen-bond acceptors (Lipinski definition) is 6. The minimum atomic E-state index is 0.439. The Morgan fingerprint density at radius 3 is 2.74 bits per heavy atom. The lowest BCUT2D eigenvalue weighted by Gasteiger charge is -2.18. The average Bonchev–Trinajstić information content (AvgIpc) is 2.93. The zero-order chi connectivity index (χ0) is 13.4. The first-order chi connectivity index (χ1) is 9.16. The number of hydrogen-bond donors (Lipinski definition) is 3. The van der Waals surface area contributed by atoms with Crippen LogP contribution < -0.4 is 16.2 Å². The standard InChI is InChI=1S/C12H19N7/c1-7-9(8(2)18-17-7)4-13-11-10-5-16-19(3)12(10)15-6-14-11/h5-9,17-18H,4H2,1-3H3,(H,13,14,15). The quantitative estimate of drug-likeness (QED) is 0.736. The molecule has 3 rings (SSSR count). The predicted molar refractivity (Wildman–Crippen MR) is 73.5 cm³/mol. The molecule has 3 N–H and O–H groups in total. The summed E-state index contributed by atoms with van der Waals surface area (Å²) in [5.41, 5.74) is 7.36. The Balaban J connectivity index is 1.78. The van der Waals surface area contributed by atoms with Crippen molar-refractivity contribution < 1.29 is 0 Å². The lowest BCUT2D eigenvalue weighted by molar-refractivity contribution is 0.466. The number of hydrazine groups is 1. The molecule has 19 heavy (non-hydrogen) atoms. The van der Waals surface area contributed by atoms with E-state index in [4.69, 9.17) is 0 Å². The van der Waals surface area contributed by atoms with Crippen LogP contribution in [0.2, 0.25) is 0 Å². The molecule has 3 heterocycles. The van der Waals surface area contributed by atoms with Crippen LogP contribution in [0.4, 0.5) is 5.82 Å². The summed E-state index contributed by atoms with van der Waals surface area (Å²) in [5, 5.41) is 8.60. The molecule has 0 aliphatic carbocycles. The lowest BCUT2D eigenvalue weighted by atomic mass is 9.97. The summed E-state index contributed by atoms with van der Waals surface area (Å²) in [6.45, 7) is 5.23. The fourth-order valence-corrected chi connectivity index (χ4v) is 2.58. The highest BCUT2D eigenvalue weighted by Crippen LogP contribution is 2.20. The predicted octanol–water partition coefficient (Wildman–Crippen LogP) is 0.276. The second kappa shape index (κ2) is 4.75. The largest absolute Gasteiger partial charge is 0.369 e. The van der Waals surface area contributed by atoms with Crippen LogP contribution in [-0.2, 0) is 7.05 Å². The van der Waals surface area contributed by atoms with Crippen molar-refractivity contribution in [2.24, 2.45) is 13.0 Å². The van der Waals surface area contributed by atoms with Crippen molar-refractivity contribution >= 4 is 16.9 Å². The molecule has 1 saturated heterocycles. The molecular formula is C12H19N7. The van der Waals surface area contributed by atoms with E-state index >= 15 is 0 Å². The number of fused-ring (bicyclic) bond motifs is 1. The van der Waals surface area contributed by atoms with Gasteiger partial charge < -0.3 is 5.32 Å². The van der Waals surface area contributed by atoms with Crippen molar-refractivity contribution in [2.45, 2.75) is 25.9 Å². The molecule has 102 valence electrons. The van der Waals surface area contributed by atoms with Crippen LogP contribution in [0.15, 0.2) is 12.5 Å². The van der Waals surface area contributed by atoms with Gasteiger partial charge in [0.15, 0.2) is 5.65 Å². The van der Waals surface area contributed by atoms with E-state index in [2.05, 4.69) is 45.1 Å². The maximum absolute atomic E-state index is 4.31. The Labute approximate surface area is 111 Å². The first-order valence-corrected chi connectivity index (χ1v) is 6.54. The molecule has 2 aromatic rings. The van der Waals surface area contributed by atoms with E-state index in [0.717, 1.165) is 23.4 Å². The minimum absolute atomic E-state index is 0.439. The molecule has 1 fully saturated rings. The van der Waals surface area contributed by atoms with Crippen LogP contribution in [0.5, 0.6) is 0 Å². The molecule has 0 spiro atoms. The first kappa shape index (κ1) is 12.3. The molecule has 7 heteroatoms. The first-order valence-electron chi connectivity index (χ1n) is 6.54.